The van der Waals surface area contributed by atoms with Crippen LogP contribution in [0.3, 0.4) is 0 Å². The largest absolute Gasteiger partial charge is 0.321 e. The van der Waals surface area contributed by atoms with Gasteiger partial charge in [-0.15, -0.1) is 0 Å². The van der Waals surface area contributed by atoms with E-state index in [0.29, 0.717) is 23.6 Å². The highest BCUT2D eigenvalue weighted by molar-refractivity contribution is 7.92. The topological polar surface area (TPSA) is 79.4 Å². The maximum absolute atomic E-state index is 12.2. The maximum Gasteiger partial charge on any atom is 0.274 e. The first-order valence-electron chi connectivity index (χ1n) is 7.87. The lowest BCUT2D eigenvalue weighted by Gasteiger charge is -2.30. The number of fused-ring (bicyclic) bond motifs is 1. The number of benzene rings is 1. The first kappa shape index (κ1) is 16.4. The normalized spacial score (nSPS) is 14.1. The molecular weight excluding hydrogens is 326 g/mol. The molecular formula is C17H19N3O3S. The van der Waals surface area contributed by atoms with E-state index < -0.39 is 10.0 Å². The summed E-state index contributed by atoms with van der Waals surface area (Å²) in [6.45, 7) is 2.15. The predicted octanol–water partition coefficient (Wildman–Crippen LogP) is 2.44. The number of nitrogens with zero attached hydrogens (tertiary/aromatic N) is 2. The minimum Gasteiger partial charge on any atom is -0.321 e. The first-order chi connectivity index (χ1) is 11.5. The minimum atomic E-state index is -3.28. The fraction of sp³-hybridized carbons (Fsp3) is 0.294. The van der Waals surface area contributed by atoms with Gasteiger partial charge in [0.25, 0.3) is 5.91 Å². The second-order valence-corrected chi connectivity index (χ2v) is 7.77. The molecule has 1 aliphatic rings. The average Bonchev–Trinajstić information content (AvgIpc) is 2.61. The Morgan fingerprint density at radius 3 is 2.83 bits per heavy atom. The highest BCUT2D eigenvalue weighted by Gasteiger charge is 2.26. The van der Waals surface area contributed by atoms with Crippen LogP contribution in [0.5, 0.6) is 0 Å². The number of anilines is 2. The van der Waals surface area contributed by atoms with Gasteiger partial charge in [-0.1, -0.05) is 6.07 Å². The highest BCUT2D eigenvalue weighted by atomic mass is 32.2. The van der Waals surface area contributed by atoms with Gasteiger partial charge in [0.05, 0.1) is 11.4 Å². The quantitative estimate of drug-likeness (QED) is 0.923. The number of nitrogens with one attached hydrogen (secondary N) is 1. The predicted molar refractivity (Wildman–Crippen MR) is 93.8 cm³/mol. The summed E-state index contributed by atoms with van der Waals surface area (Å²) in [7, 11) is -3.28. The zero-order valence-corrected chi connectivity index (χ0v) is 14.2. The molecule has 0 saturated heterocycles. The van der Waals surface area contributed by atoms with Crippen molar-refractivity contribution in [2.45, 2.75) is 19.8 Å². The van der Waals surface area contributed by atoms with E-state index in [0.717, 1.165) is 18.4 Å². The average molecular weight is 345 g/mol. The Morgan fingerprint density at radius 2 is 2.12 bits per heavy atom. The molecule has 0 fully saturated rings. The van der Waals surface area contributed by atoms with Crippen LogP contribution in [-0.2, 0) is 16.4 Å². The summed E-state index contributed by atoms with van der Waals surface area (Å²) in [5, 5.41) is 2.81. The molecule has 0 atom stereocenters. The number of carbonyl (C=O) groups is 1. The molecule has 7 heteroatoms. The van der Waals surface area contributed by atoms with Crippen LogP contribution >= 0.6 is 0 Å². The SMILES string of the molecule is CCS(=O)(=O)N1CCCc2cc(NC(=O)c3ccccn3)ccc21. The number of rotatable bonds is 4. The van der Waals surface area contributed by atoms with Crippen molar-refractivity contribution in [3.8, 4) is 0 Å². The molecule has 1 aliphatic heterocycles. The standard InChI is InChI=1S/C17H19N3O3S/c1-2-24(22,23)20-11-5-6-13-12-14(8-9-16(13)20)19-17(21)15-7-3-4-10-18-15/h3-4,7-10,12H,2,5-6,11H2,1H3,(H,19,21). The first-order valence-corrected chi connectivity index (χ1v) is 9.48. The van der Waals surface area contributed by atoms with E-state index in [4.69, 9.17) is 0 Å². The van der Waals surface area contributed by atoms with Gasteiger partial charge in [-0.3, -0.25) is 14.1 Å². The van der Waals surface area contributed by atoms with E-state index in [-0.39, 0.29) is 11.7 Å². The molecule has 1 aromatic carbocycles. The molecule has 0 bridgehead atoms. The lowest BCUT2D eigenvalue weighted by Crippen LogP contribution is -2.36. The van der Waals surface area contributed by atoms with Gasteiger partial charge >= 0.3 is 0 Å². The molecule has 2 heterocycles. The number of carbonyl (C=O) groups excluding carboxylic acids is 1. The van der Waals surface area contributed by atoms with Gasteiger partial charge in [0.15, 0.2) is 0 Å². The summed E-state index contributed by atoms with van der Waals surface area (Å²) in [6.07, 6.45) is 3.12. The van der Waals surface area contributed by atoms with Crippen LogP contribution in [0.15, 0.2) is 42.6 Å². The molecule has 0 spiro atoms. The van der Waals surface area contributed by atoms with Crippen LogP contribution < -0.4 is 9.62 Å². The van der Waals surface area contributed by atoms with Gasteiger partial charge in [0.2, 0.25) is 10.0 Å². The van der Waals surface area contributed by atoms with Gasteiger partial charge in [-0.05, 0) is 55.7 Å². The summed E-state index contributed by atoms with van der Waals surface area (Å²) < 4.78 is 25.9. The zero-order valence-electron chi connectivity index (χ0n) is 13.4. The van der Waals surface area contributed by atoms with Crippen molar-refractivity contribution in [2.24, 2.45) is 0 Å². The number of amides is 1. The Morgan fingerprint density at radius 1 is 1.29 bits per heavy atom. The fourth-order valence-electron chi connectivity index (χ4n) is 2.78. The molecule has 6 nitrogen and oxygen atoms in total. The number of sulfonamides is 1. The zero-order chi connectivity index (χ0) is 17.2. The van der Waals surface area contributed by atoms with Crippen molar-refractivity contribution in [2.75, 3.05) is 21.9 Å². The number of hydrogen-bond donors (Lipinski definition) is 1. The molecule has 24 heavy (non-hydrogen) atoms. The second kappa shape index (κ2) is 6.60. The fourth-order valence-corrected chi connectivity index (χ4v) is 3.97. The van der Waals surface area contributed by atoms with E-state index >= 15 is 0 Å². The van der Waals surface area contributed by atoms with Crippen molar-refractivity contribution in [1.82, 2.24) is 4.98 Å². The molecule has 1 amide bonds. The Labute approximate surface area is 141 Å². The summed E-state index contributed by atoms with van der Waals surface area (Å²) in [4.78, 5) is 16.2. The van der Waals surface area contributed by atoms with E-state index in [1.165, 1.54) is 4.31 Å². The Bertz CT molecular complexity index is 851. The lowest BCUT2D eigenvalue weighted by atomic mass is 10.0. The minimum absolute atomic E-state index is 0.0740. The lowest BCUT2D eigenvalue weighted by molar-refractivity contribution is 0.102. The molecule has 3 rings (SSSR count). The number of aryl methyl sites for hydroxylation is 1. The van der Waals surface area contributed by atoms with E-state index in [1.807, 2.05) is 6.07 Å². The molecule has 1 N–H and O–H groups in total. The molecule has 0 radical (unpaired) electrons. The Hall–Kier alpha value is -2.41. The maximum atomic E-state index is 12.2. The number of pyridine rings is 1. The van der Waals surface area contributed by atoms with Gasteiger partial charge in [0.1, 0.15) is 5.69 Å². The van der Waals surface area contributed by atoms with Crippen LogP contribution in [0.1, 0.15) is 29.4 Å². The third-order valence-corrected chi connectivity index (χ3v) is 5.79. The smallest absolute Gasteiger partial charge is 0.274 e. The van der Waals surface area contributed by atoms with Gasteiger partial charge in [0, 0.05) is 18.4 Å². The number of aromatic nitrogens is 1. The van der Waals surface area contributed by atoms with Crippen molar-refractivity contribution in [1.29, 1.82) is 0 Å². The van der Waals surface area contributed by atoms with E-state index in [1.54, 1.807) is 43.5 Å². The van der Waals surface area contributed by atoms with Crippen LogP contribution in [0, 0.1) is 0 Å². The molecule has 0 aliphatic carbocycles. The molecule has 2 aromatic rings. The summed E-state index contributed by atoms with van der Waals surface area (Å²) in [6, 6.07) is 10.5. The Kier molecular flexibility index (Phi) is 4.53. The highest BCUT2D eigenvalue weighted by Crippen LogP contribution is 2.31. The second-order valence-electron chi connectivity index (χ2n) is 5.59. The van der Waals surface area contributed by atoms with Crippen LogP contribution in [0.2, 0.25) is 0 Å². The van der Waals surface area contributed by atoms with Crippen LogP contribution in [0.25, 0.3) is 0 Å². The van der Waals surface area contributed by atoms with Gasteiger partial charge in [-0.2, -0.15) is 0 Å². The molecule has 126 valence electrons. The van der Waals surface area contributed by atoms with Crippen LogP contribution in [0.4, 0.5) is 11.4 Å². The van der Waals surface area contributed by atoms with Crippen molar-refractivity contribution in [3.05, 3.63) is 53.9 Å². The molecule has 1 aromatic heterocycles. The van der Waals surface area contributed by atoms with E-state index in [2.05, 4.69) is 10.3 Å². The van der Waals surface area contributed by atoms with Crippen molar-refractivity contribution < 1.29 is 13.2 Å². The monoisotopic (exact) mass is 345 g/mol. The van der Waals surface area contributed by atoms with Crippen molar-refractivity contribution >= 4 is 27.3 Å². The van der Waals surface area contributed by atoms with Gasteiger partial charge < -0.3 is 5.32 Å². The Balaban J connectivity index is 1.85. The summed E-state index contributed by atoms with van der Waals surface area (Å²) in [5.74, 6) is -0.214. The summed E-state index contributed by atoms with van der Waals surface area (Å²) >= 11 is 0. The van der Waals surface area contributed by atoms with Crippen molar-refractivity contribution in [3.63, 3.8) is 0 Å². The van der Waals surface area contributed by atoms with E-state index in [9.17, 15) is 13.2 Å². The molecule has 0 saturated carbocycles. The van der Waals surface area contributed by atoms with Gasteiger partial charge in [-0.25, -0.2) is 8.42 Å². The van der Waals surface area contributed by atoms with Crippen LogP contribution in [-0.4, -0.2) is 31.6 Å². The molecule has 0 unspecified atom stereocenters. The number of hydrogen-bond acceptors (Lipinski definition) is 4. The third-order valence-electron chi connectivity index (χ3n) is 4.01. The third kappa shape index (κ3) is 3.26. The summed E-state index contributed by atoms with van der Waals surface area (Å²) in [5.41, 5.74) is 2.61.